The SMILES string of the molecule is CCC(C)(CO)CNc1cc(NC(=O)OC(C)(C)C)ccc1F. The summed E-state index contributed by atoms with van der Waals surface area (Å²) in [6.45, 7) is 9.62. The van der Waals surface area contributed by atoms with Crippen molar-refractivity contribution >= 4 is 17.5 Å². The summed E-state index contributed by atoms with van der Waals surface area (Å²) < 4.78 is 19.1. The van der Waals surface area contributed by atoms with Gasteiger partial charge in [0.25, 0.3) is 0 Å². The second kappa shape index (κ2) is 7.64. The number of nitrogens with one attached hydrogen (secondary N) is 2. The van der Waals surface area contributed by atoms with Gasteiger partial charge in [-0.2, -0.15) is 0 Å². The first kappa shape index (κ1) is 19.2. The molecular formula is C17H27FN2O3. The average Bonchev–Trinajstić information content (AvgIpc) is 2.45. The van der Waals surface area contributed by atoms with Gasteiger partial charge in [0.15, 0.2) is 0 Å². The summed E-state index contributed by atoms with van der Waals surface area (Å²) >= 11 is 0. The van der Waals surface area contributed by atoms with Crippen molar-refractivity contribution in [3.63, 3.8) is 0 Å². The van der Waals surface area contributed by atoms with E-state index in [4.69, 9.17) is 4.74 Å². The molecule has 0 saturated carbocycles. The van der Waals surface area contributed by atoms with E-state index in [9.17, 15) is 14.3 Å². The quantitative estimate of drug-likeness (QED) is 0.739. The van der Waals surface area contributed by atoms with Crippen LogP contribution in [-0.2, 0) is 4.74 Å². The van der Waals surface area contributed by atoms with E-state index in [0.29, 0.717) is 12.2 Å². The Hall–Kier alpha value is -1.82. The van der Waals surface area contributed by atoms with Gasteiger partial charge in [-0.15, -0.1) is 0 Å². The van der Waals surface area contributed by atoms with E-state index in [2.05, 4.69) is 10.6 Å². The third-order valence-corrected chi connectivity index (χ3v) is 3.55. The molecule has 0 spiro atoms. The van der Waals surface area contributed by atoms with Crippen molar-refractivity contribution in [2.24, 2.45) is 5.41 Å². The lowest BCUT2D eigenvalue weighted by molar-refractivity contribution is 0.0636. The van der Waals surface area contributed by atoms with Gasteiger partial charge >= 0.3 is 6.09 Å². The number of amides is 1. The number of aliphatic hydroxyl groups excluding tert-OH is 1. The number of hydrogen-bond donors (Lipinski definition) is 3. The summed E-state index contributed by atoms with van der Waals surface area (Å²) in [7, 11) is 0. The third-order valence-electron chi connectivity index (χ3n) is 3.55. The minimum atomic E-state index is -0.602. The number of hydrogen-bond acceptors (Lipinski definition) is 4. The van der Waals surface area contributed by atoms with Crippen LogP contribution in [0.25, 0.3) is 0 Å². The summed E-state index contributed by atoms with van der Waals surface area (Å²) in [4.78, 5) is 11.8. The standard InChI is InChI=1S/C17H27FN2O3/c1-6-17(5,11-21)10-19-14-9-12(7-8-13(14)18)20-15(22)23-16(2,3)4/h7-9,19,21H,6,10-11H2,1-5H3,(H,20,22). The van der Waals surface area contributed by atoms with Crippen LogP contribution in [0.2, 0.25) is 0 Å². The fraction of sp³-hybridized carbons (Fsp3) is 0.588. The zero-order valence-corrected chi connectivity index (χ0v) is 14.5. The van der Waals surface area contributed by atoms with E-state index in [1.807, 2.05) is 13.8 Å². The normalized spacial score (nSPS) is 14.0. The number of rotatable bonds is 6. The summed E-state index contributed by atoms with van der Waals surface area (Å²) in [5.74, 6) is -0.420. The summed E-state index contributed by atoms with van der Waals surface area (Å²) in [5, 5.41) is 15.0. The number of carbonyl (C=O) groups excluding carboxylic acids is 1. The molecule has 0 aliphatic heterocycles. The predicted molar refractivity (Wildman–Crippen MR) is 90.2 cm³/mol. The van der Waals surface area contributed by atoms with Crippen LogP contribution in [0.5, 0.6) is 0 Å². The first-order valence-electron chi connectivity index (χ1n) is 7.73. The number of benzene rings is 1. The molecule has 0 aliphatic rings. The molecule has 23 heavy (non-hydrogen) atoms. The molecule has 130 valence electrons. The first-order chi connectivity index (χ1) is 10.6. The minimum absolute atomic E-state index is 0.00791. The first-order valence-corrected chi connectivity index (χ1v) is 7.73. The molecule has 1 aromatic rings. The van der Waals surface area contributed by atoms with Gasteiger partial charge in [0.2, 0.25) is 0 Å². The zero-order chi connectivity index (χ0) is 17.7. The van der Waals surface area contributed by atoms with E-state index < -0.39 is 17.5 Å². The maximum atomic E-state index is 13.9. The van der Waals surface area contributed by atoms with Gasteiger partial charge in [-0.25, -0.2) is 9.18 Å². The molecule has 0 radical (unpaired) electrons. The Bertz CT molecular complexity index is 537. The number of ether oxygens (including phenoxy) is 1. The number of anilines is 2. The highest BCUT2D eigenvalue weighted by atomic mass is 19.1. The molecular weight excluding hydrogens is 299 g/mol. The van der Waals surface area contributed by atoms with Crippen LogP contribution in [0.15, 0.2) is 18.2 Å². The van der Waals surface area contributed by atoms with E-state index in [1.54, 1.807) is 20.8 Å². The fourth-order valence-electron chi connectivity index (χ4n) is 1.76. The van der Waals surface area contributed by atoms with Crippen molar-refractivity contribution in [2.45, 2.75) is 46.6 Å². The maximum Gasteiger partial charge on any atom is 0.412 e. The Balaban J connectivity index is 2.78. The Morgan fingerprint density at radius 3 is 2.48 bits per heavy atom. The van der Waals surface area contributed by atoms with Gasteiger partial charge in [0, 0.05) is 17.6 Å². The zero-order valence-electron chi connectivity index (χ0n) is 14.5. The van der Waals surface area contributed by atoms with Crippen molar-refractivity contribution in [1.29, 1.82) is 0 Å². The molecule has 0 bridgehead atoms. The van der Waals surface area contributed by atoms with Crippen molar-refractivity contribution < 1.29 is 19.0 Å². The highest BCUT2D eigenvalue weighted by molar-refractivity contribution is 5.85. The number of carbonyl (C=O) groups is 1. The number of halogens is 1. The highest BCUT2D eigenvalue weighted by Crippen LogP contribution is 2.24. The van der Waals surface area contributed by atoms with E-state index in [0.717, 1.165) is 6.42 Å². The Kier molecular flexibility index (Phi) is 6.38. The summed E-state index contributed by atoms with van der Waals surface area (Å²) in [6.07, 6.45) is 0.164. The minimum Gasteiger partial charge on any atom is -0.444 e. The lowest BCUT2D eigenvalue weighted by Gasteiger charge is -2.26. The van der Waals surface area contributed by atoms with Crippen LogP contribution in [0.1, 0.15) is 41.0 Å². The Morgan fingerprint density at radius 1 is 1.30 bits per heavy atom. The summed E-state index contributed by atoms with van der Waals surface area (Å²) in [5.41, 5.74) is -0.229. The maximum absolute atomic E-state index is 13.9. The summed E-state index contributed by atoms with van der Waals surface area (Å²) in [6, 6.07) is 4.25. The van der Waals surface area contributed by atoms with Gasteiger partial charge in [0.05, 0.1) is 12.3 Å². The molecule has 1 unspecified atom stereocenters. The van der Waals surface area contributed by atoms with Crippen LogP contribution in [-0.4, -0.2) is 30.0 Å². The molecule has 0 aromatic heterocycles. The van der Waals surface area contributed by atoms with E-state index in [-0.39, 0.29) is 17.7 Å². The van der Waals surface area contributed by atoms with Crippen molar-refractivity contribution in [3.8, 4) is 0 Å². The van der Waals surface area contributed by atoms with Gasteiger partial charge in [-0.3, -0.25) is 5.32 Å². The fourth-order valence-corrected chi connectivity index (χ4v) is 1.76. The van der Waals surface area contributed by atoms with Crippen LogP contribution < -0.4 is 10.6 Å². The molecule has 0 fully saturated rings. The molecule has 0 aliphatic carbocycles. The molecule has 1 atom stereocenters. The molecule has 5 nitrogen and oxygen atoms in total. The lowest BCUT2D eigenvalue weighted by atomic mass is 9.88. The van der Waals surface area contributed by atoms with Gasteiger partial charge in [0.1, 0.15) is 11.4 Å². The molecule has 6 heteroatoms. The van der Waals surface area contributed by atoms with Crippen LogP contribution >= 0.6 is 0 Å². The van der Waals surface area contributed by atoms with E-state index >= 15 is 0 Å². The smallest absolute Gasteiger partial charge is 0.412 e. The molecule has 1 amide bonds. The van der Waals surface area contributed by atoms with E-state index in [1.165, 1.54) is 18.2 Å². The largest absolute Gasteiger partial charge is 0.444 e. The van der Waals surface area contributed by atoms with Crippen molar-refractivity contribution in [2.75, 3.05) is 23.8 Å². The molecule has 1 aromatic carbocycles. The average molecular weight is 326 g/mol. The Morgan fingerprint density at radius 2 is 1.96 bits per heavy atom. The van der Waals surface area contributed by atoms with Crippen LogP contribution in [0, 0.1) is 11.2 Å². The topological polar surface area (TPSA) is 70.6 Å². The molecule has 0 heterocycles. The van der Waals surface area contributed by atoms with Crippen LogP contribution in [0.4, 0.5) is 20.6 Å². The van der Waals surface area contributed by atoms with Gasteiger partial charge in [-0.1, -0.05) is 13.8 Å². The van der Waals surface area contributed by atoms with Crippen molar-refractivity contribution in [3.05, 3.63) is 24.0 Å². The van der Waals surface area contributed by atoms with Gasteiger partial charge in [-0.05, 0) is 45.4 Å². The second-order valence-corrected chi connectivity index (χ2v) is 7.00. The predicted octanol–water partition coefficient (Wildman–Crippen LogP) is 3.99. The molecule has 0 saturated heterocycles. The van der Waals surface area contributed by atoms with Crippen LogP contribution in [0.3, 0.4) is 0 Å². The molecule has 1 rings (SSSR count). The van der Waals surface area contributed by atoms with Crippen molar-refractivity contribution in [1.82, 2.24) is 0 Å². The van der Waals surface area contributed by atoms with Gasteiger partial charge < -0.3 is 15.2 Å². The second-order valence-electron chi connectivity index (χ2n) is 7.00. The Labute approximate surface area is 137 Å². The highest BCUT2D eigenvalue weighted by Gasteiger charge is 2.21. The number of aliphatic hydroxyl groups is 1. The molecule has 3 N–H and O–H groups in total. The third kappa shape index (κ3) is 6.44. The lowest BCUT2D eigenvalue weighted by Crippen LogP contribution is -2.30. The monoisotopic (exact) mass is 326 g/mol.